The molecule has 2 aromatic rings. The predicted octanol–water partition coefficient (Wildman–Crippen LogP) is 2.99. The highest BCUT2D eigenvalue weighted by Gasteiger charge is 2.10. The highest BCUT2D eigenvalue weighted by atomic mass is 35.5. The standard InChI is InChI=1S/C13H13ClFN3/c1-18(9-10-2-4-16-5-3-10)13-11(7-14)6-12(15)8-17-13/h2-6,8H,7,9H2,1H3. The molecular weight excluding hydrogens is 253 g/mol. The van der Waals surface area contributed by atoms with E-state index in [4.69, 9.17) is 11.6 Å². The van der Waals surface area contributed by atoms with Gasteiger partial charge in [-0.1, -0.05) is 0 Å². The van der Waals surface area contributed by atoms with E-state index in [0.717, 1.165) is 5.56 Å². The van der Waals surface area contributed by atoms with E-state index in [1.165, 1.54) is 12.3 Å². The van der Waals surface area contributed by atoms with Crippen molar-refractivity contribution in [2.75, 3.05) is 11.9 Å². The maximum Gasteiger partial charge on any atom is 0.141 e. The van der Waals surface area contributed by atoms with E-state index in [9.17, 15) is 4.39 Å². The first-order valence-electron chi connectivity index (χ1n) is 5.51. The van der Waals surface area contributed by atoms with Crippen molar-refractivity contribution in [3.05, 3.63) is 53.7 Å². The molecule has 0 aliphatic rings. The summed E-state index contributed by atoms with van der Waals surface area (Å²) >= 11 is 5.81. The van der Waals surface area contributed by atoms with Gasteiger partial charge in [0.05, 0.1) is 12.1 Å². The van der Waals surface area contributed by atoms with Crippen LogP contribution in [0.2, 0.25) is 0 Å². The first-order chi connectivity index (χ1) is 8.70. The van der Waals surface area contributed by atoms with Gasteiger partial charge in [0.2, 0.25) is 0 Å². The van der Waals surface area contributed by atoms with E-state index < -0.39 is 0 Å². The Balaban J connectivity index is 2.21. The van der Waals surface area contributed by atoms with Gasteiger partial charge in [0.1, 0.15) is 11.6 Å². The molecule has 2 aromatic heterocycles. The topological polar surface area (TPSA) is 29.0 Å². The number of rotatable bonds is 4. The van der Waals surface area contributed by atoms with Crippen LogP contribution in [0.3, 0.4) is 0 Å². The second-order valence-corrected chi connectivity index (χ2v) is 4.25. The predicted molar refractivity (Wildman–Crippen MR) is 70.1 cm³/mol. The van der Waals surface area contributed by atoms with Crippen molar-refractivity contribution >= 4 is 17.4 Å². The van der Waals surface area contributed by atoms with Crippen molar-refractivity contribution in [1.82, 2.24) is 9.97 Å². The molecule has 2 rings (SSSR count). The molecule has 18 heavy (non-hydrogen) atoms. The van der Waals surface area contributed by atoms with Crippen LogP contribution in [0.25, 0.3) is 0 Å². The minimum absolute atomic E-state index is 0.237. The molecule has 0 radical (unpaired) electrons. The number of alkyl halides is 1. The van der Waals surface area contributed by atoms with Crippen molar-refractivity contribution in [3.63, 3.8) is 0 Å². The number of hydrogen-bond donors (Lipinski definition) is 0. The Morgan fingerprint density at radius 3 is 2.72 bits per heavy atom. The Morgan fingerprint density at radius 1 is 1.33 bits per heavy atom. The fraction of sp³-hybridized carbons (Fsp3) is 0.231. The van der Waals surface area contributed by atoms with Gasteiger partial charge in [0, 0.05) is 31.5 Å². The van der Waals surface area contributed by atoms with Gasteiger partial charge in [-0.15, -0.1) is 11.6 Å². The number of halogens is 2. The van der Waals surface area contributed by atoms with Crippen molar-refractivity contribution in [2.45, 2.75) is 12.4 Å². The smallest absolute Gasteiger partial charge is 0.141 e. The average Bonchev–Trinajstić information content (AvgIpc) is 2.39. The summed E-state index contributed by atoms with van der Waals surface area (Å²) in [6, 6.07) is 5.28. The molecule has 0 saturated carbocycles. The highest BCUT2D eigenvalue weighted by Crippen LogP contribution is 2.20. The van der Waals surface area contributed by atoms with Gasteiger partial charge in [0.25, 0.3) is 0 Å². The molecule has 0 aliphatic carbocycles. The van der Waals surface area contributed by atoms with Gasteiger partial charge < -0.3 is 4.90 Å². The molecule has 0 fully saturated rings. The van der Waals surface area contributed by atoms with E-state index in [2.05, 4.69) is 9.97 Å². The third-order valence-corrected chi connectivity index (χ3v) is 2.87. The third-order valence-electron chi connectivity index (χ3n) is 2.58. The van der Waals surface area contributed by atoms with Crippen molar-refractivity contribution in [2.24, 2.45) is 0 Å². The molecule has 0 unspecified atom stereocenters. The number of anilines is 1. The van der Waals surface area contributed by atoms with Crippen LogP contribution < -0.4 is 4.90 Å². The van der Waals surface area contributed by atoms with Gasteiger partial charge in [-0.25, -0.2) is 9.37 Å². The largest absolute Gasteiger partial charge is 0.355 e. The number of hydrogen-bond acceptors (Lipinski definition) is 3. The summed E-state index contributed by atoms with van der Waals surface area (Å²) in [5, 5.41) is 0. The van der Waals surface area contributed by atoms with Crippen molar-refractivity contribution < 1.29 is 4.39 Å². The molecule has 0 bridgehead atoms. The van der Waals surface area contributed by atoms with E-state index in [-0.39, 0.29) is 11.7 Å². The van der Waals surface area contributed by atoms with Gasteiger partial charge in [0.15, 0.2) is 0 Å². The fourth-order valence-corrected chi connectivity index (χ4v) is 1.95. The molecule has 0 atom stereocenters. The maximum atomic E-state index is 13.1. The molecule has 3 nitrogen and oxygen atoms in total. The molecule has 0 N–H and O–H groups in total. The van der Waals surface area contributed by atoms with Gasteiger partial charge >= 0.3 is 0 Å². The van der Waals surface area contributed by atoms with E-state index >= 15 is 0 Å². The Labute approximate surface area is 110 Å². The first kappa shape index (κ1) is 12.8. The van der Waals surface area contributed by atoms with Crippen LogP contribution in [0.5, 0.6) is 0 Å². The summed E-state index contributed by atoms with van der Waals surface area (Å²) < 4.78 is 13.1. The van der Waals surface area contributed by atoms with Crippen LogP contribution in [-0.4, -0.2) is 17.0 Å². The van der Waals surface area contributed by atoms with Crippen LogP contribution in [0.1, 0.15) is 11.1 Å². The summed E-state index contributed by atoms with van der Waals surface area (Å²) in [6.45, 7) is 0.672. The lowest BCUT2D eigenvalue weighted by Crippen LogP contribution is -2.19. The Hall–Kier alpha value is -1.68. The van der Waals surface area contributed by atoms with Gasteiger partial charge in [-0.05, 0) is 23.8 Å². The zero-order valence-corrected chi connectivity index (χ0v) is 10.7. The zero-order chi connectivity index (χ0) is 13.0. The van der Waals surface area contributed by atoms with Crippen molar-refractivity contribution in [1.29, 1.82) is 0 Å². The van der Waals surface area contributed by atoms with E-state index in [0.29, 0.717) is 17.9 Å². The SMILES string of the molecule is CN(Cc1ccncc1)c1ncc(F)cc1CCl. The highest BCUT2D eigenvalue weighted by molar-refractivity contribution is 6.17. The fourth-order valence-electron chi connectivity index (χ4n) is 1.75. The zero-order valence-electron chi connectivity index (χ0n) is 9.98. The average molecular weight is 266 g/mol. The molecule has 0 spiro atoms. The monoisotopic (exact) mass is 265 g/mol. The molecule has 5 heteroatoms. The van der Waals surface area contributed by atoms with Crippen molar-refractivity contribution in [3.8, 4) is 0 Å². The third kappa shape index (κ3) is 2.96. The van der Waals surface area contributed by atoms with Gasteiger partial charge in [-0.2, -0.15) is 0 Å². The quantitative estimate of drug-likeness (QED) is 0.796. The molecule has 0 saturated heterocycles. The summed E-state index contributed by atoms with van der Waals surface area (Å²) in [6.07, 6.45) is 4.68. The molecule has 0 amide bonds. The first-order valence-corrected chi connectivity index (χ1v) is 6.04. The van der Waals surface area contributed by atoms with Crippen LogP contribution in [0, 0.1) is 5.82 Å². The molecule has 0 aliphatic heterocycles. The van der Waals surface area contributed by atoms with Crippen LogP contribution >= 0.6 is 11.6 Å². The van der Waals surface area contributed by atoms with Gasteiger partial charge in [-0.3, -0.25) is 4.98 Å². The Bertz CT molecular complexity index is 519. The summed E-state index contributed by atoms with van der Waals surface area (Å²) in [5.74, 6) is 0.566. The van der Waals surface area contributed by atoms with Crippen LogP contribution in [0.15, 0.2) is 36.8 Å². The lowest BCUT2D eigenvalue weighted by molar-refractivity contribution is 0.619. The second kappa shape index (κ2) is 5.78. The number of pyridine rings is 2. The molecule has 0 aromatic carbocycles. The minimum atomic E-state index is -0.369. The molecular formula is C13H13ClFN3. The van der Waals surface area contributed by atoms with E-state index in [1.807, 2.05) is 24.1 Å². The maximum absolute atomic E-state index is 13.1. The van der Waals surface area contributed by atoms with Crippen LogP contribution in [-0.2, 0) is 12.4 Å². The molecule has 94 valence electrons. The normalized spacial score (nSPS) is 10.4. The Kier molecular flexibility index (Phi) is 4.10. The summed E-state index contributed by atoms with van der Waals surface area (Å²) in [5.41, 5.74) is 1.80. The van der Waals surface area contributed by atoms with Crippen LogP contribution in [0.4, 0.5) is 10.2 Å². The second-order valence-electron chi connectivity index (χ2n) is 3.98. The number of nitrogens with zero attached hydrogens (tertiary/aromatic N) is 3. The minimum Gasteiger partial charge on any atom is -0.355 e. The molecule has 2 heterocycles. The van der Waals surface area contributed by atoms with E-state index in [1.54, 1.807) is 12.4 Å². The Morgan fingerprint density at radius 2 is 2.06 bits per heavy atom. The lowest BCUT2D eigenvalue weighted by atomic mass is 10.2. The summed E-state index contributed by atoms with van der Waals surface area (Å²) in [7, 11) is 1.90. The lowest BCUT2D eigenvalue weighted by Gasteiger charge is -2.20. The summed E-state index contributed by atoms with van der Waals surface area (Å²) in [4.78, 5) is 10.00. The number of aromatic nitrogens is 2.